The van der Waals surface area contributed by atoms with E-state index >= 15 is 0 Å². The zero-order chi connectivity index (χ0) is 13.1. The van der Waals surface area contributed by atoms with Gasteiger partial charge in [-0.1, -0.05) is 25.4 Å². The van der Waals surface area contributed by atoms with Gasteiger partial charge in [-0.05, 0) is 0 Å². The number of rotatable bonds is 5. The predicted octanol–water partition coefficient (Wildman–Crippen LogP) is 1.82. The van der Waals surface area contributed by atoms with Crippen molar-refractivity contribution in [2.45, 2.75) is 33.0 Å². The zero-order valence-electron chi connectivity index (χ0n) is 10.9. The second kappa shape index (κ2) is 5.54. The molecule has 2 aromatic rings. The summed E-state index contributed by atoms with van der Waals surface area (Å²) in [5.41, 5.74) is 1.03. The maximum atomic E-state index is 5.95. The molecule has 0 saturated carbocycles. The Labute approximate surface area is 112 Å². The maximum absolute atomic E-state index is 5.95. The van der Waals surface area contributed by atoms with Crippen LogP contribution in [0.15, 0.2) is 18.7 Å². The lowest BCUT2D eigenvalue weighted by atomic mass is 10.3. The van der Waals surface area contributed by atoms with Crippen LogP contribution >= 0.6 is 11.6 Å². The van der Waals surface area contributed by atoms with Gasteiger partial charge in [0.25, 0.3) is 0 Å². The van der Waals surface area contributed by atoms with Gasteiger partial charge in [-0.15, -0.1) is 0 Å². The van der Waals surface area contributed by atoms with Crippen molar-refractivity contribution in [2.24, 2.45) is 7.05 Å². The molecule has 0 aliphatic rings. The molecule has 98 valence electrons. The highest BCUT2D eigenvalue weighted by molar-refractivity contribution is 6.29. The topological polar surface area (TPSA) is 47.7 Å². The van der Waals surface area contributed by atoms with Crippen LogP contribution in [-0.2, 0) is 20.1 Å². The predicted molar refractivity (Wildman–Crippen MR) is 71.5 cm³/mol. The molecular formula is C12H18ClN5. The number of aromatic nitrogens is 4. The Bertz CT molecular complexity index is 514. The smallest absolute Gasteiger partial charge is 0.129 e. The zero-order valence-corrected chi connectivity index (χ0v) is 11.6. The lowest BCUT2D eigenvalue weighted by Crippen LogP contribution is -2.21. The molecule has 0 amide bonds. The standard InChI is InChI=1S/C12H18ClN5/c1-9(2)14-4-10-6-18(8-16-10)7-12-15-5-11(13)17(12)3/h5-6,8-9,14H,4,7H2,1-3H3. The van der Waals surface area contributed by atoms with Crippen molar-refractivity contribution in [3.63, 3.8) is 0 Å². The Morgan fingerprint density at radius 3 is 2.78 bits per heavy atom. The number of halogens is 1. The van der Waals surface area contributed by atoms with E-state index in [0.717, 1.165) is 18.1 Å². The highest BCUT2D eigenvalue weighted by Crippen LogP contribution is 2.10. The van der Waals surface area contributed by atoms with E-state index in [1.54, 1.807) is 6.20 Å². The molecule has 5 nitrogen and oxygen atoms in total. The van der Waals surface area contributed by atoms with Gasteiger partial charge in [-0.25, -0.2) is 9.97 Å². The average molecular weight is 268 g/mol. The van der Waals surface area contributed by atoms with Crippen molar-refractivity contribution in [1.82, 2.24) is 24.4 Å². The van der Waals surface area contributed by atoms with Crippen LogP contribution in [0.2, 0.25) is 5.15 Å². The lowest BCUT2D eigenvalue weighted by molar-refractivity contribution is 0.582. The van der Waals surface area contributed by atoms with Crippen LogP contribution in [0.4, 0.5) is 0 Å². The van der Waals surface area contributed by atoms with Crippen molar-refractivity contribution in [2.75, 3.05) is 0 Å². The van der Waals surface area contributed by atoms with Crippen LogP contribution < -0.4 is 5.32 Å². The van der Waals surface area contributed by atoms with E-state index in [1.165, 1.54) is 0 Å². The molecule has 0 saturated heterocycles. The van der Waals surface area contributed by atoms with Gasteiger partial charge in [0.2, 0.25) is 0 Å². The normalized spacial score (nSPS) is 11.4. The third-order valence-electron chi connectivity index (χ3n) is 2.73. The molecule has 0 atom stereocenters. The Morgan fingerprint density at radius 2 is 2.17 bits per heavy atom. The van der Waals surface area contributed by atoms with Gasteiger partial charge < -0.3 is 14.5 Å². The molecule has 6 heteroatoms. The Hall–Kier alpha value is -1.33. The second-order valence-corrected chi connectivity index (χ2v) is 5.02. The van der Waals surface area contributed by atoms with Gasteiger partial charge in [0, 0.05) is 25.8 Å². The Balaban J connectivity index is 2.00. The van der Waals surface area contributed by atoms with Gasteiger partial charge in [-0.2, -0.15) is 0 Å². The monoisotopic (exact) mass is 267 g/mol. The number of hydrogen-bond donors (Lipinski definition) is 1. The van der Waals surface area contributed by atoms with E-state index in [0.29, 0.717) is 17.7 Å². The average Bonchev–Trinajstić information content (AvgIpc) is 2.89. The number of nitrogens with one attached hydrogen (secondary N) is 1. The molecule has 1 N–H and O–H groups in total. The summed E-state index contributed by atoms with van der Waals surface area (Å²) < 4.78 is 3.88. The van der Waals surface area contributed by atoms with Crippen LogP contribution in [0.5, 0.6) is 0 Å². The van der Waals surface area contributed by atoms with E-state index in [-0.39, 0.29) is 0 Å². The van der Waals surface area contributed by atoms with E-state index in [4.69, 9.17) is 11.6 Å². The number of imidazole rings is 2. The quantitative estimate of drug-likeness (QED) is 0.899. The Morgan fingerprint density at radius 1 is 1.39 bits per heavy atom. The van der Waals surface area contributed by atoms with Crippen molar-refractivity contribution >= 4 is 11.6 Å². The fourth-order valence-electron chi connectivity index (χ4n) is 1.63. The van der Waals surface area contributed by atoms with E-state index < -0.39 is 0 Å². The third-order valence-corrected chi connectivity index (χ3v) is 3.08. The molecule has 0 bridgehead atoms. The summed E-state index contributed by atoms with van der Waals surface area (Å²) in [6, 6.07) is 0.462. The molecule has 0 spiro atoms. The van der Waals surface area contributed by atoms with Gasteiger partial charge in [0.05, 0.1) is 24.8 Å². The largest absolute Gasteiger partial charge is 0.330 e. The summed E-state index contributed by atoms with van der Waals surface area (Å²) in [6.07, 6.45) is 5.51. The first-order valence-electron chi connectivity index (χ1n) is 5.96. The van der Waals surface area contributed by atoms with Gasteiger partial charge in [0.15, 0.2) is 0 Å². The molecule has 0 aliphatic carbocycles. The van der Waals surface area contributed by atoms with Crippen LogP contribution in [0.1, 0.15) is 25.4 Å². The maximum Gasteiger partial charge on any atom is 0.129 e. The minimum atomic E-state index is 0.462. The van der Waals surface area contributed by atoms with Crippen LogP contribution in [0.25, 0.3) is 0 Å². The molecule has 0 aromatic carbocycles. The fourth-order valence-corrected chi connectivity index (χ4v) is 1.77. The van der Waals surface area contributed by atoms with Crippen molar-refractivity contribution < 1.29 is 0 Å². The number of nitrogens with zero attached hydrogens (tertiary/aromatic N) is 4. The molecular weight excluding hydrogens is 250 g/mol. The van der Waals surface area contributed by atoms with Gasteiger partial charge >= 0.3 is 0 Å². The molecule has 0 radical (unpaired) electrons. The minimum absolute atomic E-state index is 0.462. The summed E-state index contributed by atoms with van der Waals surface area (Å²) in [7, 11) is 1.91. The lowest BCUT2D eigenvalue weighted by Gasteiger charge is -2.05. The summed E-state index contributed by atoms with van der Waals surface area (Å²) in [4.78, 5) is 8.61. The molecule has 2 aromatic heterocycles. The highest BCUT2D eigenvalue weighted by Gasteiger charge is 2.06. The van der Waals surface area contributed by atoms with E-state index in [2.05, 4.69) is 29.1 Å². The SMILES string of the molecule is CC(C)NCc1cn(Cc2ncc(Cl)n2C)cn1. The molecule has 2 rings (SSSR count). The van der Waals surface area contributed by atoms with Crippen molar-refractivity contribution in [3.05, 3.63) is 35.4 Å². The molecule has 0 unspecified atom stereocenters. The fraction of sp³-hybridized carbons (Fsp3) is 0.500. The number of hydrogen-bond acceptors (Lipinski definition) is 3. The Kier molecular flexibility index (Phi) is 4.04. The summed E-state index contributed by atoms with van der Waals surface area (Å²) >= 11 is 5.95. The first kappa shape index (κ1) is 13.1. The summed E-state index contributed by atoms with van der Waals surface area (Å²) in [6.45, 7) is 5.70. The molecule has 0 aliphatic heterocycles. The van der Waals surface area contributed by atoms with Crippen molar-refractivity contribution in [3.8, 4) is 0 Å². The van der Waals surface area contributed by atoms with E-state index in [9.17, 15) is 0 Å². The first-order chi connectivity index (χ1) is 8.56. The summed E-state index contributed by atoms with van der Waals surface area (Å²) in [5.74, 6) is 0.917. The first-order valence-corrected chi connectivity index (χ1v) is 6.34. The van der Waals surface area contributed by atoms with Gasteiger partial charge in [-0.3, -0.25) is 0 Å². The molecule has 2 heterocycles. The minimum Gasteiger partial charge on any atom is -0.330 e. The third kappa shape index (κ3) is 3.11. The van der Waals surface area contributed by atoms with Gasteiger partial charge in [0.1, 0.15) is 11.0 Å². The highest BCUT2D eigenvalue weighted by atomic mass is 35.5. The van der Waals surface area contributed by atoms with Crippen LogP contribution in [0.3, 0.4) is 0 Å². The molecule has 18 heavy (non-hydrogen) atoms. The van der Waals surface area contributed by atoms with E-state index in [1.807, 2.05) is 28.7 Å². The summed E-state index contributed by atoms with van der Waals surface area (Å²) in [5, 5.41) is 3.98. The van der Waals surface area contributed by atoms with Crippen molar-refractivity contribution in [1.29, 1.82) is 0 Å². The van der Waals surface area contributed by atoms with Crippen LogP contribution in [-0.4, -0.2) is 25.1 Å². The van der Waals surface area contributed by atoms with Crippen LogP contribution in [0, 0.1) is 0 Å². The molecule has 0 fully saturated rings. The second-order valence-electron chi connectivity index (χ2n) is 4.63.